The van der Waals surface area contributed by atoms with Crippen LogP contribution in [0.1, 0.15) is 64.6 Å². The normalized spacial score (nSPS) is 17.2. The molecule has 1 amide bonds. The minimum Gasteiger partial charge on any atom is -0.377 e. The molecule has 0 bridgehead atoms. The lowest BCUT2D eigenvalue weighted by molar-refractivity contribution is 0.0692. The first-order valence-electron chi connectivity index (χ1n) is 10.2. The standard InChI is InChI=1S/C21H31N5O3/c1-6-28-13-17-10-22-15(3)23-19(17)16-8-7-9-26(11-16)21(27)20-18(12-25(4)5)14(2)29-24-20/h10,16H,6-9,11-13H2,1-5H3. The summed E-state index contributed by atoms with van der Waals surface area (Å²) in [6.07, 6.45) is 3.76. The van der Waals surface area contributed by atoms with Crippen molar-refractivity contribution < 1.29 is 14.1 Å². The molecule has 1 fully saturated rings. The molecule has 1 aliphatic rings. The van der Waals surface area contributed by atoms with Crippen molar-refractivity contribution in [3.63, 3.8) is 0 Å². The zero-order chi connectivity index (χ0) is 21.0. The second kappa shape index (κ2) is 9.45. The van der Waals surface area contributed by atoms with Crippen LogP contribution in [0.15, 0.2) is 10.7 Å². The molecule has 29 heavy (non-hydrogen) atoms. The van der Waals surface area contributed by atoms with Gasteiger partial charge in [0.1, 0.15) is 11.6 Å². The number of hydrogen-bond donors (Lipinski definition) is 0. The average molecular weight is 402 g/mol. The molecule has 158 valence electrons. The predicted octanol–water partition coefficient (Wildman–Crippen LogP) is 2.70. The number of carbonyl (C=O) groups is 1. The van der Waals surface area contributed by atoms with Crippen LogP contribution in [0.5, 0.6) is 0 Å². The maximum Gasteiger partial charge on any atom is 0.276 e. The number of likely N-dealkylation sites (tertiary alicyclic amines) is 1. The SMILES string of the molecule is CCOCc1cnc(C)nc1C1CCCN(C(=O)c2noc(C)c2CN(C)C)C1. The van der Waals surface area contributed by atoms with E-state index in [1.165, 1.54) is 0 Å². The number of hydrogen-bond acceptors (Lipinski definition) is 7. The number of nitrogens with zero attached hydrogens (tertiary/aromatic N) is 5. The van der Waals surface area contributed by atoms with Crippen LogP contribution in [0.4, 0.5) is 0 Å². The van der Waals surface area contributed by atoms with Crippen molar-refractivity contribution in [3.8, 4) is 0 Å². The van der Waals surface area contributed by atoms with Crippen LogP contribution in [0.25, 0.3) is 0 Å². The van der Waals surface area contributed by atoms with Crippen molar-refractivity contribution in [1.29, 1.82) is 0 Å². The van der Waals surface area contributed by atoms with Gasteiger partial charge in [0.05, 0.1) is 12.3 Å². The van der Waals surface area contributed by atoms with Gasteiger partial charge in [-0.25, -0.2) is 9.97 Å². The van der Waals surface area contributed by atoms with E-state index in [9.17, 15) is 4.79 Å². The van der Waals surface area contributed by atoms with Gasteiger partial charge in [-0.05, 0) is 47.7 Å². The third-order valence-corrected chi connectivity index (χ3v) is 5.24. The molecule has 3 heterocycles. The molecule has 0 radical (unpaired) electrons. The van der Waals surface area contributed by atoms with Gasteiger partial charge in [0.25, 0.3) is 5.91 Å². The highest BCUT2D eigenvalue weighted by atomic mass is 16.5. The molecular formula is C21H31N5O3. The number of amides is 1. The Bertz CT molecular complexity index is 849. The fraction of sp³-hybridized carbons (Fsp3) is 0.619. The van der Waals surface area contributed by atoms with E-state index in [0.29, 0.717) is 44.3 Å². The fourth-order valence-corrected chi connectivity index (χ4v) is 3.79. The van der Waals surface area contributed by atoms with Gasteiger partial charge in [-0.15, -0.1) is 0 Å². The summed E-state index contributed by atoms with van der Waals surface area (Å²) in [6, 6.07) is 0. The topological polar surface area (TPSA) is 84.6 Å². The van der Waals surface area contributed by atoms with Gasteiger partial charge in [-0.2, -0.15) is 0 Å². The number of aromatic nitrogens is 3. The van der Waals surface area contributed by atoms with Crippen LogP contribution < -0.4 is 0 Å². The van der Waals surface area contributed by atoms with Crippen molar-refractivity contribution in [1.82, 2.24) is 24.9 Å². The Kier molecular flexibility index (Phi) is 6.97. The largest absolute Gasteiger partial charge is 0.377 e. The summed E-state index contributed by atoms with van der Waals surface area (Å²) in [5.41, 5.74) is 3.28. The Morgan fingerprint density at radius 1 is 1.38 bits per heavy atom. The number of aryl methyl sites for hydroxylation is 2. The molecule has 8 nitrogen and oxygen atoms in total. The number of carbonyl (C=O) groups excluding carboxylic acids is 1. The summed E-state index contributed by atoms with van der Waals surface area (Å²) in [5.74, 6) is 1.53. The van der Waals surface area contributed by atoms with Crippen molar-refractivity contribution in [3.05, 3.63) is 40.3 Å². The van der Waals surface area contributed by atoms with Crippen LogP contribution in [-0.4, -0.2) is 64.6 Å². The average Bonchev–Trinajstić information content (AvgIpc) is 3.06. The summed E-state index contributed by atoms with van der Waals surface area (Å²) in [4.78, 5) is 26.2. The Morgan fingerprint density at radius 2 is 2.17 bits per heavy atom. The fourth-order valence-electron chi connectivity index (χ4n) is 3.79. The number of rotatable bonds is 7. The molecule has 2 aromatic rings. The second-order valence-corrected chi connectivity index (χ2v) is 7.86. The van der Waals surface area contributed by atoms with E-state index in [-0.39, 0.29) is 11.8 Å². The van der Waals surface area contributed by atoms with Gasteiger partial charge in [-0.1, -0.05) is 5.16 Å². The monoisotopic (exact) mass is 401 g/mol. The molecule has 2 aromatic heterocycles. The van der Waals surface area contributed by atoms with Crippen molar-refractivity contribution in [2.45, 2.75) is 52.7 Å². The first kappa shape index (κ1) is 21.4. The number of ether oxygens (including phenoxy) is 1. The van der Waals surface area contributed by atoms with Crippen LogP contribution in [-0.2, 0) is 17.9 Å². The third-order valence-electron chi connectivity index (χ3n) is 5.24. The van der Waals surface area contributed by atoms with E-state index in [2.05, 4.69) is 10.1 Å². The number of piperidine rings is 1. The van der Waals surface area contributed by atoms with Crippen LogP contribution in [0.3, 0.4) is 0 Å². The molecule has 1 atom stereocenters. The molecule has 0 aliphatic carbocycles. The van der Waals surface area contributed by atoms with Gasteiger partial charge in [0, 0.05) is 49.5 Å². The van der Waals surface area contributed by atoms with Gasteiger partial charge in [-0.3, -0.25) is 4.79 Å². The molecule has 8 heteroatoms. The van der Waals surface area contributed by atoms with Gasteiger partial charge < -0.3 is 19.1 Å². The highest BCUT2D eigenvalue weighted by Crippen LogP contribution is 2.29. The summed E-state index contributed by atoms with van der Waals surface area (Å²) in [5, 5.41) is 4.08. The summed E-state index contributed by atoms with van der Waals surface area (Å²) < 4.78 is 10.9. The summed E-state index contributed by atoms with van der Waals surface area (Å²) in [7, 11) is 3.93. The molecule has 0 spiro atoms. The van der Waals surface area contributed by atoms with E-state index in [4.69, 9.17) is 14.2 Å². The molecule has 0 aromatic carbocycles. The van der Waals surface area contributed by atoms with Crippen molar-refractivity contribution in [2.24, 2.45) is 0 Å². The Hall–Kier alpha value is -2.32. The molecule has 1 aliphatic heterocycles. The minimum atomic E-state index is -0.0689. The van der Waals surface area contributed by atoms with E-state index in [1.54, 1.807) is 0 Å². The van der Waals surface area contributed by atoms with Gasteiger partial charge in [0.15, 0.2) is 5.69 Å². The Balaban J connectivity index is 1.81. The van der Waals surface area contributed by atoms with Crippen molar-refractivity contribution >= 4 is 5.91 Å². The first-order chi connectivity index (χ1) is 13.9. The molecule has 0 saturated carbocycles. The predicted molar refractivity (Wildman–Crippen MR) is 109 cm³/mol. The molecule has 0 N–H and O–H groups in total. The highest BCUT2D eigenvalue weighted by Gasteiger charge is 2.31. The maximum atomic E-state index is 13.2. The van der Waals surface area contributed by atoms with Crippen molar-refractivity contribution in [2.75, 3.05) is 33.8 Å². The van der Waals surface area contributed by atoms with Crippen LogP contribution in [0, 0.1) is 13.8 Å². The maximum absolute atomic E-state index is 13.2. The van der Waals surface area contributed by atoms with E-state index < -0.39 is 0 Å². The zero-order valence-electron chi connectivity index (χ0n) is 18.1. The molecular weight excluding hydrogens is 370 g/mol. The molecule has 1 unspecified atom stereocenters. The zero-order valence-corrected chi connectivity index (χ0v) is 18.1. The Morgan fingerprint density at radius 3 is 2.90 bits per heavy atom. The van der Waals surface area contributed by atoms with E-state index >= 15 is 0 Å². The van der Waals surface area contributed by atoms with Crippen LogP contribution >= 0.6 is 0 Å². The molecule has 1 saturated heterocycles. The second-order valence-electron chi connectivity index (χ2n) is 7.86. The quantitative estimate of drug-likeness (QED) is 0.705. The third kappa shape index (κ3) is 5.00. The van der Waals surface area contributed by atoms with Gasteiger partial charge >= 0.3 is 0 Å². The van der Waals surface area contributed by atoms with E-state index in [1.807, 2.05) is 50.9 Å². The lowest BCUT2D eigenvalue weighted by Crippen LogP contribution is -2.40. The smallest absolute Gasteiger partial charge is 0.276 e. The summed E-state index contributed by atoms with van der Waals surface area (Å²) >= 11 is 0. The van der Waals surface area contributed by atoms with E-state index in [0.717, 1.165) is 35.5 Å². The Labute approximate surface area is 172 Å². The first-order valence-corrected chi connectivity index (χ1v) is 10.2. The van der Waals surface area contributed by atoms with Gasteiger partial charge in [0.2, 0.25) is 0 Å². The summed E-state index contributed by atoms with van der Waals surface area (Å²) in [6.45, 7) is 8.80. The lowest BCUT2D eigenvalue weighted by atomic mass is 9.91. The van der Waals surface area contributed by atoms with Crippen LogP contribution in [0.2, 0.25) is 0 Å². The molecule has 3 rings (SSSR count). The highest BCUT2D eigenvalue weighted by molar-refractivity contribution is 5.94. The lowest BCUT2D eigenvalue weighted by Gasteiger charge is -2.33. The minimum absolute atomic E-state index is 0.0689.